The first-order valence-corrected chi connectivity index (χ1v) is 9.59. The molecule has 0 fully saturated rings. The van der Waals surface area contributed by atoms with Crippen LogP contribution >= 0.6 is 27.5 Å². The van der Waals surface area contributed by atoms with Gasteiger partial charge in [-0.1, -0.05) is 57.4 Å². The summed E-state index contributed by atoms with van der Waals surface area (Å²) in [5, 5.41) is 0.0601. The molecule has 2 rings (SSSR count). The number of rotatable bonds is 6. The summed E-state index contributed by atoms with van der Waals surface area (Å²) >= 11 is 9.12. The van der Waals surface area contributed by atoms with Crippen molar-refractivity contribution in [3.63, 3.8) is 0 Å². The van der Waals surface area contributed by atoms with Crippen LogP contribution in [0.1, 0.15) is 11.1 Å². The Labute approximate surface area is 154 Å². The zero-order chi connectivity index (χ0) is 17.7. The summed E-state index contributed by atoms with van der Waals surface area (Å²) in [4.78, 5) is 11.6. The number of hydrogen-bond donors (Lipinski definition) is 1. The van der Waals surface area contributed by atoms with Crippen molar-refractivity contribution in [1.82, 2.24) is 4.72 Å². The first kappa shape index (κ1) is 18.9. The lowest BCUT2D eigenvalue weighted by Crippen LogP contribution is -2.30. The standard InChI is InChI=1S/C16H15BrClNO4S/c1-11-2-4-12(5-3-11)10-23-16(20)9-19-24(21,22)15-7-6-13(17)8-14(15)18/h2-8,19H,9-10H2,1H3. The molecule has 0 aliphatic carbocycles. The molecule has 2 aromatic carbocycles. The maximum atomic E-state index is 12.2. The molecule has 0 aliphatic heterocycles. The van der Waals surface area contributed by atoms with Gasteiger partial charge in [0, 0.05) is 4.47 Å². The fraction of sp³-hybridized carbons (Fsp3) is 0.188. The molecule has 0 bridgehead atoms. The maximum Gasteiger partial charge on any atom is 0.321 e. The Balaban J connectivity index is 1.91. The summed E-state index contributed by atoms with van der Waals surface area (Å²) in [6, 6.07) is 11.9. The average molecular weight is 433 g/mol. The molecule has 0 saturated heterocycles. The van der Waals surface area contributed by atoms with Crippen molar-refractivity contribution < 1.29 is 17.9 Å². The summed E-state index contributed by atoms with van der Waals surface area (Å²) in [5.74, 6) is -0.674. The first-order chi connectivity index (χ1) is 11.3. The molecule has 128 valence electrons. The number of aryl methyl sites for hydroxylation is 1. The number of ether oxygens (including phenoxy) is 1. The van der Waals surface area contributed by atoms with Crippen molar-refractivity contribution in [3.8, 4) is 0 Å². The van der Waals surface area contributed by atoms with Gasteiger partial charge < -0.3 is 4.74 Å². The van der Waals surface area contributed by atoms with E-state index in [1.165, 1.54) is 12.1 Å². The van der Waals surface area contributed by atoms with Gasteiger partial charge in [0.1, 0.15) is 18.0 Å². The molecule has 0 spiro atoms. The van der Waals surface area contributed by atoms with Crippen LogP contribution in [0.25, 0.3) is 0 Å². The van der Waals surface area contributed by atoms with Crippen molar-refractivity contribution in [2.24, 2.45) is 0 Å². The number of carbonyl (C=O) groups excluding carboxylic acids is 1. The molecule has 24 heavy (non-hydrogen) atoms. The zero-order valence-electron chi connectivity index (χ0n) is 12.8. The largest absolute Gasteiger partial charge is 0.460 e. The van der Waals surface area contributed by atoms with Crippen molar-refractivity contribution >= 4 is 43.5 Å². The zero-order valence-corrected chi connectivity index (χ0v) is 15.9. The highest BCUT2D eigenvalue weighted by atomic mass is 79.9. The highest BCUT2D eigenvalue weighted by molar-refractivity contribution is 9.10. The van der Waals surface area contributed by atoms with E-state index in [4.69, 9.17) is 16.3 Å². The Morgan fingerprint density at radius 1 is 1.21 bits per heavy atom. The van der Waals surface area contributed by atoms with Crippen LogP contribution in [0.4, 0.5) is 0 Å². The molecule has 1 N–H and O–H groups in total. The van der Waals surface area contributed by atoms with Crippen molar-refractivity contribution in [2.45, 2.75) is 18.4 Å². The molecule has 8 heteroatoms. The number of carbonyl (C=O) groups is 1. The minimum atomic E-state index is -3.89. The predicted octanol–water partition coefficient (Wildman–Crippen LogP) is 3.43. The summed E-state index contributed by atoms with van der Waals surface area (Å²) < 4.78 is 32.2. The van der Waals surface area contributed by atoms with E-state index in [1.807, 2.05) is 31.2 Å². The molecule has 0 amide bonds. The number of esters is 1. The molecule has 0 heterocycles. The number of nitrogens with one attached hydrogen (secondary N) is 1. The molecule has 0 aromatic heterocycles. The van der Waals surface area contributed by atoms with E-state index in [2.05, 4.69) is 20.7 Å². The van der Waals surface area contributed by atoms with E-state index < -0.39 is 22.5 Å². The second-order valence-electron chi connectivity index (χ2n) is 5.05. The van der Waals surface area contributed by atoms with E-state index in [-0.39, 0.29) is 16.5 Å². The van der Waals surface area contributed by atoms with Crippen LogP contribution in [-0.4, -0.2) is 20.9 Å². The van der Waals surface area contributed by atoms with Gasteiger partial charge in [-0.3, -0.25) is 4.79 Å². The Hall–Kier alpha value is -1.41. The van der Waals surface area contributed by atoms with Crippen LogP contribution in [0.5, 0.6) is 0 Å². The Kier molecular flexibility index (Phi) is 6.40. The lowest BCUT2D eigenvalue weighted by Gasteiger charge is -2.09. The number of sulfonamides is 1. The van der Waals surface area contributed by atoms with E-state index in [1.54, 1.807) is 6.07 Å². The van der Waals surface area contributed by atoms with Gasteiger partial charge in [0.2, 0.25) is 10.0 Å². The van der Waals surface area contributed by atoms with Gasteiger partial charge in [0.15, 0.2) is 0 Å². The van der Waals surface area contributed by atoms with E-state index >= 15 is 0 Å². The highest BCUT2D eigenvalue weighted by Crippen LogP contribution is 2.24. The van der Waals surface area contributed by atoms with Crippen LogP contribution < -0.4 is 4.72 Å². The smallest absolute Gasteiger partial charge is 0.321 e. The second kappa shape index (κ2) is 8.11. The molecule has 5 nitrogen and oxygen atoms in total. The SMILES string of the molecule is Cc1ccc(COC(=O)CNS(=O)(=O)c2ccc(Br)cc2Cl)cc1. The van der Waals surface area contributed by atoms with Crippen LogP contribution in [0.2, 0.25) is 5.02 Å². The summed E-state index contributed by atoms with van der Waals surface area (Å²) in [5.41, 5.74) is 1.93. The monoisotopic (exact) mass is 431 g/mol. The minimum absolute atomic E-state index is 0.0601. The second-order valence-corrected chi connectivity index (χ2v) is 8.10. The molecular weight excluding hydrogens is 418 g/mol. The van der Waals surface area contributed by atoms with Gasteiger partial charge in [-0.05, 0) is 30.7 Å². The van der Waals surface area contributed by atoms with Crippen molar-refractivity contribution in [2.75, 3.05) is 6.54 Å². The molecule has 0 unspecified atom stereocenters. The fourth-order valence-electron chi connectivity index (χ4n) is 1.82. The molecule has 0 aliphatic rings. The van der Waals surface area contributed by atoms with E-state index in [0.29, 0.717) is 4.47 Å². The minimum Gasteiger partial charge on any atom is -0.460 e. The molecular formula is C16H15BrClNO4S. The van der Waals surface area contributed by atoms with Gasteiger partial charge in [0.25, 0.3) is 0 Å². The Morgan fingerprint density at radius 3 is 2.50 bits per heavy atom. The molecule has 0 atom stereocenters. The number of halogens is 2. The fourth-order valence-corrected chi connectivity index (χ4v) is 3.83. The third-order valence-electron chi connectivity index (χ3n) is 3.11. The maximum absolute atomic E-state index is 12.2. The van der Waals surface area contributed by atoms with Gasteiger partial charge in [-0.15, -0.1) is 0 Å². The average Bonchev–Trinajstić information content (AvgIpc) is 2.52. The Bertz CT molecular complexity index is 838. The van der Waals surface area contributed by atoms with Crippen molar-refractivity contribution in [1.29, 1.82) is 0 Å². The highest BCUT2D eigenvalue weighted by Gasteiger charge is 2.19. The quantitative estimate of drug-likeness (QED) is 0.710. The van der Waals surface area contributed by atoms with Crippen LogP contribution in [-0.2, 0) is 26.2 Å². The van der Waals surface area contributed by atoms with Crippen LogP contribution in [0, 0.1) is 6.92 Å². The molecule has 2 aromatic rings. The molecule has 0 saturated carbocycles. The number of benzene rings is 2. The van der Waals surface area contributed by atoms with E-state index in [9.17, 15) is 13.2 Å². The predicted molar refractivity (Wildman–Crippen MR) is 95.3 cm³/mol. The van der Waals surface area contributed by atoms with Gasteiger partial charge in [0.05, 0.1) is 5.02 Å². The topological polar surface area (TPSA) is 72.5 Å². The summed E-state index contributed by atoms with van der Waals surface area (Å²) in [6.07, 6.45) is 0. The van der Waals surface area contributed by atoms with Gasteiger partial charge in [-0.25, -0.2) is 8.42 Å². The van der Waals surface area contributed by atoms with Gasteiger partial charge in [-0.2, -0.15) is 4.72 Å². The Morgan fingerprint density at radius 2 is 1.88 bits per heavy atom. The molecule has 0 radical (unpaired) electrons. The summed E-state index contributed by atoms with van der Waals surface area (Å²) in [7, 11) is -3.89. The first-order valence-electron chi connectivity index (χ1n) is 6.94. The summed E-state index contributed by atoms with van der Waals surface area (Å²) in [6.45, 7) is 1.57. The third kappa shape index (κ3) is 5.31. The van der Waals surface area contributed by atoms with Crippen molar-refractivity contribution in [3.05, 3.63) is 63.1 Å². The normalized spacial score (nSPS) is 11.3. The third-order valence-corrected chi connectivity index (χ3v) is 5.49. The number of hydrogen-bond acceptors (Lipinski definition) is 4. The van der Waals surface area contributed by atoms with E-state index in [0.717, 1.165) is 11.1 Å². The lowest BCUT2D eigenvalue weighted by molar-refractivity contribution is -0.143. The lowest BCUT2D eigenvalue weighted by atomic mass is 10.2. The van der Waals surface area contributed by atoms with Crippen LogP contribution in [0.15, 0.2) is 51.8 Å². The van der Waals surface area contributed by atoms with Crippen LogP contribution in [0.3, 0.4) is 0 Å². The van der Waals surface area contributed by atoms with Gasteiger partial charge >= 0.3 is 5.97 Å².